The lowest BCUT2D eigenvalue weighted by Crippen LogP contribution is -2.20. The normalized spacial score (nSPS) is 10.4. The molecule has 0 heterocycles. The maximum absolute atomic E-state index is 10.8. The predicted molar refractivity (Wildman–Crippen MR) is 78.1 cm³/mol. The zero-order chi connectivity index (χ0) is 14.3. The Morgan fingerprint density at radius 2 is 2.32 bits per heavy atom. The van der Waals surface area contributed by atoms with E-state index in [1.54, 1.807) is 6.07 Å². The minimum atomic E-state index is -0.399. The van der Waals surface area contributed by atoms with Gasteiger partial charge in [-0.1, -0.05) is 24.3 Å². The van der Waals surface area contributed by atoms with Crippen molar-refractivity contribution in [2.75, 3.05) is 19.8 Å². The predicted octanol–water partition coefficient (Wildman–Crippen LogP) is 3.04. The molecular weight excluding hydrogens is 312 g/mol. The topological polar surface area (TPSA) is 64.4 Å². The van der Waals surface area contributed by atoms with Gasteiger partial charge in [0.15, 0.2) is 0 Å². The Balaban J connectivity index is 2.39. The highest BCUT2D eigenvalue weighted by Gasteiger charge is 2.14. The van der Waals surface area contributed by atoms with Gasteiger partial charge < -0.3 is 10.1 Å². The molecule has 0 amide bonds. The summed E-state index contributed by atoms with van der Waals surface area (Å²) in [7, 11) is 0. The van der Waals surface area contributed by atoms with Crippen molar-refractivity contribution in [2.45, 2.75) is 13.5 Å². The molecule has 19 heavy (non-hydrogen) atoms. The number of hydrogen-bond acceptors (Lipinski definition) is 4. The third-order valence-electron chi connectivity index (χ3n) is 2.34. The second-order valence-corrected chi connectivity index (χ2v) is 4.99. The van der Waals surface area contributed by atoms with Crippen LogP contribution < -0.4 is 5.32 Å². The van der Waals surface area contributed by atoms with E-state index in [0.717, 1.165) is 11.1 Å². The fourth-order valence-corrected chi connectivity index (χ4v) is 2.01. The Morgan fingerprint density at radius 3 is 2.95 bits per heavy atom. The molecule has 0 unspecified atom stereocenters. The molecular formula is C13H17BrN2O3. The first-order chi connectivity index (χ1) is 9.02. The van der Waals surface area contributed by atoms with Gasteiger partial charge in [0.1, 0.15) is 0 Å². The van der Waals surface area contributed by atoms with Gasteiger partial charge >= 0.3 is 0 Å². The lowest BCUT2D eigenvalue weighted by molar-refractivity contribution is -0.385. The van der Waals surface area contributed by atoms with E-state index in [-0.39, 0.29) is 5.69 Å². The molecule has 1 N–H and O–H groups in total. The standard InChI is InChI=1S/C13H17BrN2O3/c1-10(2)9-19-7-6-15-8-11-4-3-5-12(13(11)14)16(17)18/h3-5,15H,1,6-9H2,2H3. The van der Waals surface area contributed by atoms with E-state index in [4.69, 9.17) is 4.74 Å². The van der Waals surface area contributed by atoms with Crippen LogP contribution in [0.15, 0.2) is 34.8 Å². The van der Waals surface area contributed by atoms with Crippen molar-refractivity contribution < 1.29 is 9.66 Å². The first-order valence-electron chi connectivity index (χ1n) is 5.87. The number of nitro benzene ring substituents is 1. The summed E-state index contributed by atoms with van der Waals surface area (Å²) in [6, 6.07) is 5.00. The zero-order valence-corrected chi connectivity index (χ0v) is 12.4. The fourth-order valence-electron chi connectivity index (χ4n) is 1.46. The van der Waals surface area contributed by atoms with Crippen LogP contribution in [0.25, 0.3) is 0 Å². The zero-order valence-electron chi connectivity index (χ0n) is 10.8. The highest BCUT2D eigenvalue weighted by atomic mass is 79.9. The molecule has 0 fully saturated rings. The SMILES string of the molecule is C=C(C)COCCNCc1cccc([N+](=O)[O-])c1Br. The summed E-state index contributed by atoms with van der Waals surface area (Å²) in [4.78, 5) is 10.4. The molecule has 5 nitrogen and oxygen atoms in total. The quantitative estimate of drug-likeness (QED) is 0.345. The number of benzene rings is 1. The first-order valence-corrected chi connectivity index (χ1v) is 6.66. The van der Waals surface area contributed by atoms with Crippen molar-refractivity contribution in [1.82, 2.24) is 5.32 Å². The molecule has 1 rings (SSSR count). The molecule has 6 heteroatoms. The van der Waals surface area contributed by atoms with E-state index in [1.165, 1.54) is 6.07 Å². The van der Waals surface area contributed by atoms with Gasteiger partial charge in [-0.15, -0.1) is 0 Å². The molecule has 104 valence electrons. The summed E-state index contributed by atoms with van der Waals surface area (Å²) in [6.07, 6.45) is 0. The summed E-state index contributed by atoms with van der Waals surface area (Å²) < 4.78 is 5.87. The molecule has 0 saturated heterocycles. The maximum atomic E-state index is 10.8. The van der Waals surface area contributed by atoms with Gasteiger partial charge in [-0.2, -0.15) is 0 Å². The maximum Gasteiger partial charge on any atom is 0.283 e. The fraction of sp³-hybridized carbons (Fsp3) is 0.385. The molecule has 1 aromatic carbocycles. The second-order valence-electron chi connectivity index (χ2n) is 4.19. The molecule has 0 spiro atoms. The van der Waals surface area contributed by atoms with Crippen molar-refractivity contribution in [3.05, 3.63) is 50.5 Å². The summed E-state index contributed by atoms with van der Waals surface area (Å²) >= 11 is 3.26. The van der Waals surface area contributed by atoms with Gasteiger partial charge in [0.2, 0.25) is 0 Å². The van der Waals surface area contributed by atoms with Crippen LogP contribution in [-0.4, -0.2) is 24.7 Å². The number of nitrogens with zero attached hydrogens (tertiary/aromatic N) is 1. The Hall–Kier alpha value is -1.24. The van der Waals surface area contributed by atoms with Crippen LogP contribution in [0.1, 0.15) is 12.5 Å². The number of nitrogens with one attached hydrogen (secondary N) is 1. The van der Waals surface area contributed by atoms with E-state index in [1.807, 2.05) is 13.0 Å². The molecule has 0 atom stereocenters. The third kappa shape index (κ3) is 5.50. The van der Waals surface area contributed by atoms with Crippen LogP contribution in [0, 0.1) is 10.1 Å². The molecule has 0 aliphatic carbocycles. The molecule has 0 bridgehead atoms. The minimum Gasteiger partial charge on any atom is -0.376 e. The van der Waals surface area contributed by atoms with Gasteiger partial charge in [-0.25, -0.2) is 0 Å². The Morgan fingerprint density at radius 1 is 1.58 bits per heavy atom. The molecule has 0 aliphatic rings. The van der Waals surface area contributed by atoms with Gasteiger partial charge in [-0.05, 0) is 28.4 Å². The Labute approximate surface area is 120 Å². The summed E-state index contributed by atoms with van der Waals surface area (Å²) in [5.74, 6) is 0. The van der Waals surface area contributed by atoms with Crippen LogP contribution in [0.4, 0.5) is 5.69 Å². The van der Waals surface area contributed by atoms with Gasteiger partial charge in [0.25, 0.3) is 5.69 Å². The van der Waals surface area contributed by atoms with Gasteiger partial charge in [0.05, 0.1) is 22.6 Å². The Kier molecular flexibility index (Phi) is 6.69. The number of ether oxygens (including phenoxy) is 1. The minimum absolute atomic E-state index is 0.0813. The van der Waals surface area contributed by atoms with Crippen LogP contribution in [0.2, 0.25) is 0 Å². The van der Waals surface area contributed by atoms with Crippen molar-refractivity contribution in [2.24, 2.45) is 0 Å². The van der Waals surface area contributed by atoms with Crippen LogP contribution >= 0.6 is 15.9 Å². The molecule has 1 aromatic rings. The lowest BCUT2D eigenvalue weighted by atomic mass is 10.2. The lowest BCUT2D eigenvalue weighted by Gasteiger charge is -2.08. The molecule has 0 saturated carbocycles. The Bertz CT molecular complexity index is 463. The largest absolute Gasteiger partial charge is 0.376 e. The average molecular weight is 329 g/mol. The summed E-state index contributed by atoms with van der Waals surface area (Å²) in [5, 5.41) is 14.0. The van der Waals surface area contributed by atoms with Crippen molar-refractivity contribution in [1.29, 1.82) is 0 Å². The van der Waals surface area contributed by atoms with Crippen LogP contribution in [0.5, 0.6) is 0 Å². The van der Waals surface area contributed by atoms with Gasteiger partial charge in [0, 0.05) is 19.2 Å². The van der Waals surface area contributed by atoms with Crippen molar-refractivity contribution >= 4 is 21.6 Å². The highest BCUT2D eigenvalue weighted by Crippen LogP contribution is 2.27. The second kappa shape index (κ2) is 8.04. The average Bonchev–Trinajstić information content (AvgIpc) is 2.34. The van der Waals surface area contributed by atoms with E-state index >= 15 is 0 Å². The monoisotopic (exact) mass is 328 g/mol. The van der Waals surface area contributed by atoms with Crippen molar-refractivity contribution in [3.63, 3.8) is 0 Å². The van der Waals surface area contributed by atoms with E-state index in [9.17, 15) is 10.1 Å². The van der Waals surface area contributed by atoms with Gasteiger partial charge in [-0.3, -0.25) is 10.1 Å². The molecule has 0 aromatic heterocycles. The molecule has 0 radical (unpaired) electrons. The van der Waals surface area contributed by atoms with Crippen molar-refractivity contribution in [3.8, 4) is 0 Å². The number of hydrogen-bond donors (Lipinski definition) is 1. The third-order valence-corrected chi connectivity index (χ3v) is 3.26. The van der Waals surface area contributed by atoms with E-state index in [2.05, 4.69) is 27.8 Å². The highest BCUT2D eigenvalue weighted by molar-refractivity contribution is 9.10. The smallest absolute Gasteiger partial charge is 0.283 e. The number of rotatable bonds is 8. The number of nitro groups is 1. The van der Waals surface area contributed by atoms with Crippen LogP contribution in [-0.2, 0) is 11.3 Å². The van der Waals surface area contributed by atoms with Crippen LogP contribution in [0.3, 0.4) is 0 Å². The van der Waals surface area contributed by atoms with E-state index < -0.39 is 4.92 Å². The number of halogens is 1. The summed E-state index contributed by atoms with van der Waals surface area (Å²) in [6.45, 7) is 8.03. The van der Waals surface area contributed by atoms with E-state index in [0.29, 0.717) is 30.8 Å². The molecule has 0 aliphatic heterocycles. The first kappa shape index (κ1) is 15.8. The summed E-state index contributed by atoms with van der Waals surface area (Å²) in [5.41, 5.74) is 1.92.